The number of fused-ring (bicyclic) bond motifs is 1. The van der Waals surface area contributed by atoms with Gasteiger partial charge < -0.3 is 14.5 Å². The van der Waals surface area contributed by atoms with Gasteiger partial charge in [0.1, 0.15) is 12.3 Å². The van der Waals surface area contributed by atoms with Crippen LogP contribution in [0.1, 0.15) is 16.1 Å². The predicted octanol–water partition coefficient (Wildman–Crippen LogP) is 2.23. The van der Waals surface area contributed by atoms with E-state index >= 15 is 0 Å². The number of benzene rings is 2. The molecule has 4 aromatic rings. The summed E-state index contributed by atoms with van der Waals surface area (Å²) >= 11 is 0. The van der Waals surface area contributed by atoms with Crippen molar-refractivity contribution in [3.8, 4) is 0 Å². The monoisotopic (exact) mass is 433 g/mol. The molecule has 9 heteroatoms. The van der Waals surface area contributed by atoms with Crippen LogP contribution in [0, 0.1) is 0 Å². The lowest BCUT2D eigenvalue weighted by molar-refractivity contribution is -0.116. The first kappa shape index (κ1) is 20.9. The minimum absolute atomic E-state index is 0.0495. The van der Waals surface area contributed by atoms with Crippen LogP contribution in [0.3, 0.4) is 0 Å². The molecule has 0 unspecified atom stereocenters. The number of furan rings is 1. The number of nitrogens with one attached hydrogen (secondary N) is 1. The van der Waals surface area contributed by atoms with Crippen molar-refractivity contribution in [1.82, 2.24) is 9.13 Å². The highest BCUT2D eigenvalue weighted by molar-refractivity contribution is 5.93. The fourth-order valence-electron chi connectivity index (χ4n) is 3.37. The van der Waals surface area contributed by atoms with E-state index in [-0.39, 0.29) is 13.1 Å². The van der Waals surface area contributed by atoms with Crippen LogP contribution in [0.25, 0.3) is 10.9 Å². The topological polar surface area (TPSA) is 113 Å². The second-order valence-electron chi connectivity index (χ2n) is 6.97. The Bertz CT molecular complexity index is 1400. The number of carbonyl (C=O) groups excluding carboxylic acids is 2. The van der Waals surface area contributed by atoms with E-state index in [2.05, 4.69) is 10.1 Å². The summed E-state index contributed by atoms with van der Waals surface area (Å²) in [5.41, 5.74) is 0.0642. The number of hydrogen-bond donors (Lipinski definition) is 1. The smallest absolute Gasteiger partial charge is 0.337 e. The molecule has 0 aliphatic rings. The maximum absolute atomic E-state index is 13.1. The van der Waals surface area contributed by atoms with Crippen LogP contribution in [0.15, 0.2) is 80.9 Å². The first-order valence-corrected chi connectivity index (χ1v) is 9.71. The van der Waals surface area contributed by atoms with Crippen LogP contribution < -0.4 is 16.6 Å². The molecule has 0 aliphatic heterocycles. The molecule has 32 heavy (non-hydrogen) atoms. The molecule has 162 valence electrons. The first-order valence-electron chi connectivity index (χ1n) is 9.71. The van der Waals surface area contributed by atoms with Crippen molar-refractivity contribution >= 4 is 28.5 Å². The molecule has 0 radical (unpaired) electrons. The molecule has 9 nitrogen and oxygen atoms in total. The number of ether oxygens (including phenoxy) is 1. The summed E-state index contributed by atoms with van der Waals surface area (Å²) in [6.07, 6.45) is 1.46. The summed E-state index contributed by atoms with van der Waals surface area (Å²) < 4.78 is 12.2. The van der Waals surface area contributed by atoms with Gasteiger partial charge in [0.2, 0.25) is 5.91 Å². The summed E-state index contributed by atoms with van der Waals surface area (Å²) in [6.45, 7) is -0.358. The van der Waals surface area contributed by atoms with E-state index in [9.17, 15) is 19.2 Å². The largest absolute Gasteiger partial charge is 0.467 e. The summed E-state index contributed by atoms with van der Waals surface area (Å²) in [5, 5.41) is 3.00. The van der Waals surface area contributed by atoms with Crippen molar-refractivity contribution in [3.05, 3.63) is 99.1 Å². The molecule has 1 amide bonds. The Morgan fingerprint density at radius 1 is 0.969 bits per heavy atom. The van der Waals surface area contributed by atoms with Crippen molar-refractivity contribution in [2.45, 2.75) is 13.1 Å². The highest BCUT2D eigenvalue weighted by Gasteiger charge is 2.16. The van der Waals surface area contributed by atoms with Crippen LogP contribution in [0.2, 0.25) is 0 Å². The average Bonchev–Trinajstić information content (AvgIpc) is 3.33. The van der Waals surface area contributed by atoms with Crippen LogP contribution in [-0.4, -0.2) is 28.1 Å². The minimum atomic E-state index is -0.624. The zero-order valence-electron chi connectivity index (χ0n) is 17.1. The molecule has 2 aromatic heterocycles. The number of para-hydroxylation sites is 1. The molecule has 4 rings (SSSR count). The van der Waals surface area contributed by atoms with Crippen molar-refractivity contribution in [3.63, 3.8) is 0 Å². The summed E-state index contributed by atoms with van der Waals surface area (Å²) in [4.78, 5) is 50.2. The number of esters is 1. The van der Waals surface area contributed by atoms with E-state index in [0.717, 1.165) is 4.57 Å². The molecule has 0 aliphatic carbocycles. The highest BCUT2D eigenvalue weighted by atomic mass is 16.5. The van der Waals surface area contributed by atoms with E-state index in [0.29, 0.717) is 27.9 Å². The van der Waals surface area contributed by atoms with Gasteiger partial charge in [0.25, 0.3) is 5.56 Å². The van der Waals surface area contributed by atoms with Gasteiger partial charge in [0, 0.05) is 5.69 Å². The molecule has 2 aromatic carbocycles. The predicted molar refractivity (Wildman–Crippen MR) is 117 cm³/mol. The van der Waals surface area contributed by atoms with E-state index in [1.54, 1.807) is 48.5 Å². The quantitative estimate of drug-likeness (QED) is 0.467. The molecule has 0 saturated carbocycles. The fraction of sp³-hybridized carbons (Fsp3) is 0.130. The Morgan fingerprint density at radius 3 is 2.41 bits per heavy atom. The lowest BCUT2D eigenvalue weighted by atomic mass is 10.2. The summed E-state index contributed by atoms with van der Waals surface area (Å²) in [6, 6.07) is 16.1. The van der Waals surface area contributed by atoms with E-state index in [1.165, 1.54) is 30.1 Å². The van der Waals surface area contributed by atoms with Gasteiger partial charge in [-0.05, 0) is 48.5 Å². The molecule has 2 heterocycles. The third-order valence-electron chi connectivity index (χ3n) is 4.92. The lowest BCUT2D eigenvalue weighted by Gasteiger charge is -2.14. The summed E-state index contributed by atoms with van der Waals surface area (Å²) in [7, 11) is 1.28. The van der Waals surface area contributed by atoms with Crippen molar-refractivity contribution < 1.29 is 18.7 Å². The molecule has 0 bridgehead atoms. The molecule has 0 atom stereocenters. The Hall–Kier alpha value is -4.40. The van der Waals surface area contributed by atoms with Gasteiger partial charge in [0.15, 0.2) is 0 Å². The average molecular weight is 433 g/mol. The highest BCUT2D eigenvalue weighted by Crippen LogP contribution is 2.12. The number of anilines is 1. The second kappa shape index (κ2) is 8.76. The third-order valence-corrected chi connectivity index (χ3v) is 4.92. The molecular weight excluding hydrogens is 414 g/mol. The van der Waals surface area contributed by atoms with Crippen molar-refractivity contribution in [2.24, 2.45) is 0 Å². The number of rotatable bonds is 6. The minimum Gasteiger partial charge on any atom is -0.467 e. The zero-order chi connectivity index (χ0) is 22.7. The van der Waals surface area contributed by atoms with Gasteiger partial charge in [-0.25, -0.2) is 9.59 Å². The fourth-order valence-corrected chi connectivity index (χ4v) is 3.37. The zero-order valence-corrected chi connectivity index (χ0v) is 17.1. The standard InChI is InChI=1S/C23H19N3O6/c1-31-22(29)15-8-10-16(11-9-15)24-20(27)14-25-19-7-3-2-6-18(19)21(28)26(23(25)30)13-17-5-4-12-32-17/h2-12H,13-14H2,1H3,(H,24,27). The number of hydrogen-bond acceptors (Lipinski definition) is 6. The van der Waals surface area contributed by atoms with Crippen LogP contribution in [0.5, 0.6) is 0 Å². The van der Waals surface area contributed by atoms with Gasteiger partial charge in [0.05, 0.1) is 36.4 Å². The second-order valence-corrected chi connectivity index (χ2v) is 6.97. The maximum Gasteiger partial charge on any atom is 0.337 e. The van der Waals surface area contributed by atoms with Crippen LogP contribution in [0.4, 0.5) is 5.69 Å². The molecule has 0 saturated heterocycles. The Labute approximate surface area is 181 Å². The SMILES string of the molecule is COC(=O)c1ccc(NC(=O)Cn2c(=O)n(Cc3ccco3)c(=O)c3ccccc32)cc1. The van der Waals surface area contributed by atoms with E-state index < -0.39 is 23.1 Å². The molecule has 0 spiro atoms. The van der Waals surface area contributed by atoms with Gasteiger partial charge >= 0.3 is 11.7 Å². The first-order chi connectivity index (χ1) is 15.5. The number of aromatic nitrogens is 2. The molecular formula is C23H19N3O6. The summed E-state index contributed by atoms with van der Waals surface area (Å²) in [5.74, 6) is -0.507. The van der Waals surface area contributed by atoms with E-state index in [4.69, 9.17) is 4.42 Å². The number of methoxy groups -OCH3 is 1. The Kier molecular flexibility index (Phi) is 5.71. The normalized spacial score (nSPS) is 10.8. The van der Waals surface area contributed by atoms with Crippen molar-refractivity contribution in [2.75, 3.05) is 12.4 Å². The van der Waals surface area contributed by atoms with Gasteiger partial charge in [-0.2, -0.15) is 0 Å². The number of nitrogens with zero attached hydrogens (tertiary/aromatic N) is 2. The Morgan fingerprint density at radius 2 is 1.72 bits per heavy atom. The van der Waals surface area contributed by atoms with Gasteiger partial charge in [-0.3, -0.25) is 18.7 Å². The maximum atomic E-state index is 13.1. The third kappa shape index (κ3) is 4.08. The molecule has 0 fully saturated rings. The van der Waals surface area contributed by atoms with Gasteiger partial charge in [-0.15, -0.1) is 0 Å². The van der Waals surface area contributed by atoms with Crippen molar-refractivity contribution in [1.29, 1.82) is 0 Å². The van der Waals surface area contributed by atoms with Gasteiger partial charge in [-0.1, -0.05) is 12.1 Å². The van der Waals surface area contributed by atoms with Crippen LogP contribution in [-0.2, 0) is 22.6 Å². The van der Waals surface area contributed by atoms with E-state index in [1.807, 2.05) is 0 Å². The lowest BCUT2D eigenvalue weighted by Crippen LogP contribution is -2.42. The number of amides is 1. The number of carbonyl (C=O) groups is 2. The van der Waals surface area contributed by atoms with Crippen LogP contribution >= 0.6 is 0 Å². The molecule has 1 N–H and O–H groups in total. The Balaban J connectivity index is 1.66.